The van der Waals surface area contributed by atoms with Crippen molar-refractivity contribution in [2.24, 2.45) is 5.10 Å². The first-order valence-corrected chi connectivity index (χ1v) is 9.13. The molecule has 1 aromatic carbocycles. The summed E-state index contributed by atoms with van der Waals surface area (Å²) in [6.45, 7) is 5.59. The molecule has 0 saturated carbocycles. The molecule has 0 atom stereocenters. The number of Topliss-reactive ketones (excluding diaryl/α,β-unsaturated/α-hetero) is 2. The molecule has 0 aromatic heterocycles. The van der Waals surface area contributed by atoms with Crippen molar-refractivity contribution >= 4 is 23.0 Å². The number of anilines is 1. The van der Waals surface area contributed by atoms with Crippen molar-refractivity contribution in [1.82, 2.24) is 0 Å². The third-order valence-corrected chi connectivity index (χ3v) is 3.83. The van der Waals surface area contributed by atoms with Crippen LogP contribution < -0.4 is 10.2 Å². The molecule has 0 fully saturated rings. The zero-order chi connectivity index (χ0) is 18.5. The number of carbonyl (C=O) groups is 2. The smallest absolute Gasteiger partial charge is 0.183 e. The van der Waals surface area contributed by atoms with Crippen LogP contribution in [0.15, 0.2) is 29.4 Å². The maximum absolute atomic E-state index is 11.3. The fourth-order valence-corrected chi connectivity index (χ4v) is 2.40. The van der Waals surface area contributed by atoms with E-state index in [0.717, 1.165) is 18.8 Å². The molecule has 0 aliphatic carbocycles. The number of hydrogen-bond donors (Lipinski definition) is 1. The summed E-state index contributed by atoms with van der Waals surface area (Å²) >= 11 is 0. The minimum Gasteiger partial charge on any atom is -0.494 e. The Morgan fingerprint density at radius 3 is 2.04 bits per heavy atom. The van der Waals surface area contributed by atoms with Crippen LogP contribution in [0.4, 0.5) is 5.69 Å². The molecule has 0 aliphatic heterocycles. The van der Waals surface area contributed by atoms with Crippen molar-refractivity contribution in [3.05, 3.63) is 24.3 Å². The van der Waals surface area contributed by atoms with E-state index in [-0.39, 0.29) is 17.3 Å². The van der Waals surface area contributed by atoms with Crippen LogP contribution in [0.3, 0.4) is 0 Å². The first kappa shape index (κ1) is 20.9. The molecule has 5 nitrogen and oxygen atoms in total. The van der Waals surface area contributed by atoms with Gasteiger partial charge in [0.15, 0.2) is 17.3 Å². The van der Waals surface area contributed by atoms with E-state index in [2.05, 4.69) is 17.5 Å². The Balaban J connectivity index is 2.31. The lowest BCUT2D eigenvalue weighted by molar-refractivity contribution is -0.114. The molecule has 1 aromatic rings. The predicted molar refractivity (Wildman–Crippen MR) is 102 cm³/mol. The van der Waals surface area contributed by atoms with Crippen LogP contribution in [0.25, 0.3) is 0 Å². The Morgan fingerprint density at radius 2 is 1.48 bits per heavy atom. The molecular formula is C20H30N2O3. The van der Waals surface area contributed by atoms with Crippen LogP contribution >= 0.6 is 0 Å². The van der Waals surface area contributed by atoms with Gasteiger partial charge in [0.25, 0.3) is 0 Å². The van der Waals surface area contributed by atoms with Crippen LogP contribution in [0.2, 0.25) is 0 Å². The summed E-state index contributed by atoms with van der Waals surface area (Å²) in [7, 11) is 0. The molecule has 5 heteroatoms. The van der Waals surface area contributed by atoms with E-state index in [1.165, 1.54) is 52.4 Å². The summed E-state index contributed by atoms with van der Waals surface area (Å²) in [5.74, 6) is 0.100. The Kier molecular flexibility index (Phi) is 10.2. The largest absolute Gasteiger partial charge is 0.494 e. The molecule has 0 saturated heterocycles. The van der Waals surface area contributed by atoms with Gasteiger partial charge in [-0.2, -0.15) is 5.10 Å². The molecule has 0 bridgehead atoms. The van der Waals surface area contributed by atoms with E-state index in [0.29, 0.717) is 5.69 Å². The van der Waals surface area contributed by atoms with Crippen LogP contribution in [0.5, 0.6) is 5.75 Å². The lowest BCUT2D eigenvalue weighted by atomic mass is 10.1. The molecule has 0 unspecified atom stereocenters. The normalized spacial score (nSPS) is 10.2. The monoisotopic (exact) mass is 346 g/mol. The van der Waals surface area contributed by atoms with Gasteiger partial charge in [-0.1, -0.05) is 45.4 Å². The number of ether oxygens (including phenoxy) is 1. The number of ketones is 2. The van der Waals surface area contributed by atoms with E-state index in [1.54, 1.807) is 0 Å². The second kappa shape index (κ2) is 12.2. The summed E-state index contributed by atoms with van der Waals surface area (Å²) in [6, 6.07) is 7.31. The Bertz CT molecular complexity index is 549. The van der Waals surface area contributed by atoms with Gasteiger partial charge in [-0.25, -0.2) is 0 Å². The zero-order valence-electron chi connectivity index (χ0n) is 15.6. The second-order valence-corrected chi connectivity index (χ2v) is 6.18. The zero-order valence-corrected chi connectivity index (χ0v) is 15.6. The number of hydrogen-bond acceptors (Lipinski definition) is 5. The summed E-state index contributed by atoms with van der Waals surface area (Å²) in [5.41, 5.74) is 3.34. The van der Waals surface area contributed by atoms with Crippen LogP contribution in [0.1, 0.15) is 65.7 Å². The molecule has 0 spiro atoms. The van der Waals surface area contributed by atoms with Gasteiger partial charge in [0.1, 0.15) is 5.75 Å². The highest BCUT2D eigenvalue weighted by molar-refractivity contribution is 6.65. The van der Waals surface area contributed by atoms with E-state index >= 15 is 0 Å². The number of benzene rings is 1. The van der Waals surface area contributed by atoms with E-state index in [4.69, 9.17) is 4.74 Å². The molecule has 25 heavy (non-hydrogen) atoms. The molecule has 1 N–H and O–H groups in total. The van der Waals surface area contributed by atoms with Crippen molar-refractivity contribution < 1.29 is 14.3 Å². The third kappa shape index (κ3) is 9.03. The predicted octanol–water partition coefficient (Wildman–Crippen LogP) is 4.76. The van der Waals surface area contributed by atoms with Gasteiger partial charge in [0.2, 0.25) is 0 Å². The highest BCUT2D eigenvalue weighted by Gasteiger charge is 2.11. The van der Waals surface area contributed by atoms with Crippen molar-refractivity contribution in [2.75, 3.05) is 12.0 Å². The van der Waals surface area contributed by atoms with Crippen LogP contribution in [-0.4, -0.2) is 23.9 Å². The quantitative estimate of drug-likeness (QED) is 0.242. The molecule has 138 valence electrons. The van der Waals surface area contributed by atoms with Gasteiger partial charge in [-0.05, 0) is 30.7 Å². The van der Waals surface area contributed by atoms with E-state index in [9.17, 15) is 9.59 Å². The molecular weight excluding hydrogens is 316 g/mol. The van der Waals surface area contributed by atoms with Crippen molar-refractivity contribution in [1.29, 1.82) is 0 Å². The standard InChI is InChI=1S/C20H30N2O3/c1-4-5-6-7-8-9-10-15-25-19-13-11-18(12-14-19)21-22-20(16(2)23)17(3)24/h11-14,21H,4-10,15H2,1-3H3. The number of hydrazone groups is 1. The average Bonchev–Trinajstić information content (AvgIpc) is 2.58. The van der Waals surface area contributed by atoms with Gasteiger partial charge in [-0.3, -0.25) is 15.0 Å². The summed E-state index contributed by atoms with van der Waals surface area (Å²) < 4.78 is 5.72. The van der Waals surface area contributed by atoms with Gasteiger partial charge < -0.3 is 4.74 Å². The van der Waals surface area contributed by atoms with E-state index in [1.807, 2.05) is 24.3 Å². The molecule has 1 rings (SSSR count). The number of nitrogens with one attached hydrogen (secondary N) is 1. The Morgan fingerprint density at radius 1 is 0.920 bits per heavy atom. The fourth-order valence-electron chi connectivity index (χ4n) is 2.40. The highest BCUT2D eigenvalue weighted by Crippen LogP contribution is 2.16. The third-order valence-electron chi connectivity index (χ3n) is 3.83. The van der Waals surface area contributed by atoms with E-state index < -0.39 is 0 Å². The lowest BCUT2D eigenvalue weighted by Gasteiger charge is -2.07. The molecule has 0 radical (unpaired) electrons. The highest BCUT2D eigenvalue weighted by atomic mass is 16.5. The Labute approximate surface area is 150 Å². The van der Waals surface area contributed by atoms with Crippen molar-refractivity contribution in [2.45, 2.75) is 65.7 Å². The maximum Gasteiger partial charge on any atom is 0.183 e. The SMILES string of the molecule is CCCCCCCCCOc1ccc(NN=C(C(C)=O)C(C)=O)cc1. The summed E-state index contributed by atoms with van der Waals surface area (Å²) in [6.07, 6.45) is 8.82. The average molecular weight is 346 g/mol. The minimum atomic E-state index is -0.352. The Hall–Kier alpha value is -2.17. The van der Waals surface area contributed by atoms with Crippen LogP contribution in [0, 0.1) is 0 Å². The van der Waals surface area contributed by atoms with Gasteiger partial charge >= 0.3 is 0 Å². The van der Waals surface area contributed by atoms with Gasteiger partial charge in [-0.15, -0.1) is 0 Å². The number of carbonyl (C=O) groups excluding carboxylic acids is 2. The molecule has 0 aliphatic rings. The molecule has 0 amide bonds. The van der Waals surface area contributed by atoms with Crippen molar-refractivity contribution in [3.63, 3.8) is 0 Å². The fraction of sp³-hybridized carbons (Fsp3) is 0.550. The van der Waals surface area contributed by atoms with Gasteiger partial charge in [0.05, 0.1) is 12.3 Å². The number of rotatable bonds is 13. The first-order chi connectivity index (χ1) is 12.0. The first-order valence-electron chi connectivity index (χ1n) is 9.13. The number of unbranched alkanes of at least 4 members (excludes halogenated alkanes) is 6. The summed E-state index contributed by atoms with van der Waals surface area (Å²) in [5, 5.41) is 3.87. The van der Waals surface area contributed by atoms with Crippen LogP contribution in [-0.2, 0) is 9.59 Å². The van der Waals surface area contributed by atoms with Crippen molar-refractivity contribution in [3.8, 4) is 5.75 Å². The number of nitrogens with zero attached hydrogens (tertiary/aromatic N) is 1. The summed E-state index contributed by atoms with van der Waals surface area (Å²) in [4.78, 5) is 22.6. The topological polar surface area (TPSA) is 67.8 Å². The second-order valence-electron chi connectivity index (χ2n) is 6.18. The minimum absolute atomic E-state index is 0.0840. The van der Waals surface area contributed by atoms with Gasteiger partial charge in [0, 0.05) is 13.8 Å². The molecule has 0 heterocycles. The lowest BCUT2D eigenvalue weighted by Crippen LogP contribution is -2.20. The maximum atomic E-state index is 11.3.